The number of carbonyl (C=O) groups is 1. The Morgan fingerprint density at radius 3 is 2.35 bits per heavy atom. The van der Waals surface area contributed by atoms with E-state index in [1.54, 1.807) is 53.4 Å². The van der Waals surface area contributed by atoms with Gasteiger partial charge in [-0.15, -0.1) is 0 Å². The summed E-state index contributed by atoms with van der Waals surface area (Å²) in [4.78, 5) is 32.7. The Labute approximate surface area is 281 Å². The van der Waals surface area contributed by atoms with E-state index in [1.807, 2.05) is 41.0 Å². The Bertz CT molecular complexity index is 1960. The van der Waals surface area contributed by atoms with Crippen molar-refractivity contribution in [1.29, 1.82) is 0 Å². The number of pyridine rings is 1. The summed E-state index contributed by atoms with van der Waals surface area (Å²) in [7, 11) is -3.96. The first-order chi connectivity index (χ1) is 22.2. The summed E-state index contributed by atoms with van der Waals surface area (Å²) in [6.45, 7) is 4.22. The largest absolute Gasteiger partial charge is 0.369 e. The van der Waals surface area contributed by atoms with Crippen LogP contribution in [0.2, 0.25) is 5.02 Å². The molecule has 9 nitrogen and oxygen atoms in total. The smallest absolute Gasteiger partial charge is 0.261 e. The molecule has 0 aliphatic carbocycles. The van der Waals surface area contributed by atoms with Gasteiger partial charge in [0.2, 0.25) is 0 Å². The minimum Gasteiger partial charge on any atom is -0.369 e. The number of nitrogens with zero attached hydrogens (tertiary/aromatic N) is 4. The zero-order valence-corrected chi connectivity index (χ0v) is 28.1. The van der Waals surface area contributed by atoms with Crippen LogP contribution in [0.1, 0.15) is 28.4 Å². The van der Waals surface area contributed by atoms with Gasteiger partial charge in [-0.1, -0.05) is 45.7 Å². The second kappa shape index (κ2) is 12.4. The molecule has 7 rings (SSSR count). The molecule has 12 heteroatoms. The molecule has 0 radical (unpaired) electrons. The van der Waals surface area contributed by atoms with E-state index < -0.39 is 10.0 Å². The van der Waals surface area contributed by atoms with Crippen LogP contribution in [0, 0.1) is 5.92 Å². The van der Waals surface area contributed by atoms with Gasteiger partial charge in [-0.3, -0.25) is 14.3 Å². The number of piperazine rings is 1. The lowest BCUT2D eigenvalue weighted by atomic mass is 9.83. The van der Waals surface area contributed by atoms with Crippen LogP contribution < -0.4 is 20.1 Å². The summed E-state index contributed by atoms with van der Waals surface area (Å²) < 4.78 is 32.7. The van der Waals surface area contributed by atoms with Crippen LogP contribution in [0.15, 0.2) is 99.1 Å². The SMILES string of the molecule is O=C(c1ccc(N2CC3CC(C2)c2cccc(=O)n2C3)c(NS(=O)(=O)c2ccc(Br)cc2)c1)N1CCN(c2ccccc2Cl)CC1. The van der Waals surface area contributed by atoms with Crippen LogP contribution in [-0.2, 0) is 16.6 Å². The van der Waals surface area contributed by atoms with Crippen LogP contribution in [0.5, 0.6) is 0 Å². The van der Waals surface area contributed by atoms with Crippen LogP contribution in [0.4, 0.5) is 17.1 Å². The number of rotatable bonds is 6. The van der Waals surface area contributed by atoms with Crippen molar-refractivity contribution in [3.63, 3.8) is 0 Å². The molecule has 46 heavy (non-hydrogen) atoms. The van der Waals surface area contributed by atoms with Gasteiger partial charge in [0.15, 0.2) is 0 Å². The number of amides is 1. The minimum absolute atomic E-state index is 0.0131. The van der Waals surface area contributed by atoms with Crippen LogP contribution in [0.25, 0.3) is 0 Å². The molecule has 1 N–H and O–H groups in total. The van der Waals surface area contributed by atoms with Crippen LogP contribution in [0.3, 0.4) is 0 Å². The topological polar surface area (TPSA) is 95.0 Å². The van der Waals surface area contributed by atoms with E-state index in [9.17, 15) is 18.0 Å². The third-order valence-corrected chi connectivity index (χ3v) is 11.4. The number of carbonyl (C=O) groups excluding carboxylic acids is 1. The van der Waals surface area contributed by atoms with Crippen molar-refractivity contribution < 1.29 is 13.2 Å². The molecule has 2 saturated heterocycles. The molecule has 3 aromatic carbocycles. The Morgan fingerprint density at radius 2 is 1.59 bits per heavy atom. The molecule has 0 spiro atoms. The number of anilines is 3. The lowest BCUT2D eigenvalue weighted by molar-refractivity contribution is 0.0747. The molecule has 2 unspecified atom stereocenters. The normalized spacial score (nSPS) is 19.5. The molecule has 2 bridgehead atoms. The quantitative estimate of drug-likeness (QED) is 0.277. The van der Waals surface area contributed by atoms with Gasteiger partial charge >= 0.3 is 0 Å². The Kier molecular flexibility index (Phi) is 8.33. The molecule has 3 aliphatic rings. The van der Waals surface area contributed by atoms with Crippen molar-refractivity contribution in [2.45, 2.75) is 23.8 Å². The summed E-state index contributed by atoms with van der Waals surface area (Å²) in [6, 6.07) is 24.9. The summed E-state index contributed by atoms with van der Waals surface area (Å²) in [5.74, 6) is 0.212. The number of fused-ring (bicyclic) bond motifs is 4. The lowest BCUT2D eigenvalue weighted by Gasteiger charge is -2.44. The Balaban J connectivity index is 1.18. The van der Waals surface area contributed by atoms with Crippen molar-refractivity contribution in [3.8, 4) is 0 Å². The van der Waals surface area contributed by atoms with Gasteiger partial charge in [0.05, 0.1) is 27.0 Å². The average Bonchev–Trinajstić information content (AvgIpc) is 3.05. The third-order valence-electron chi connectivity index (χ3n) is 9.19. The second-order valence-electron chi connectivity index (χ2n) is 12.1. The first kappa shape index (κ1) is 30.8. The number of halogens is 2. The van der Waals surface area contributed by atoms with Crippen molar-refractivity contribution in [3.05, 3.63) is 116 Å². The molecule has 1 amide bonds. The predicted octanol–water partition coefficient (Wildman–Crippen LogP) is 5.65. The molecule has 1 aromatic heterocycles. The van der Waals surface area contributed by atoms with Crippen LogP contribution >= 0.6 is 27.5 Å². The maximum atomic E-state index is 13.8. The summed E-state index contributed by atoms with van der Waals surface area (Å²) in [5.41, 5.74) is 3.45. The van der Waals surface area contributed by atoms with Gasteiger partial charge in [-0.2, -0.15) is 0 Å². The second-order valence-corrected chi connectivity index (χ2v) is 15.1. The summed E-state index contributed by atoms with van der Waals surface area (Å²) in [5, 5.41) is 0.679. The third kappa shape index (κ3) is 6.03. The number of hydrogen-bond donors (Lipinski definition) is 1. The lowest BCUT2D eigenvalue weighted by Crippen LogP contribution is -2.49. The van der Waals surface area contributed by atoms with Gasteiger partial charge in [0.1, 0.15) is 0 Å². The highest BCUT2D eigenvalue weighted by molar-refractivity contribution is 9.10. The van der Waals surface area contributed by atoms with E-state index in [0.717, 1.165) is 22.3 Å². The number of piperidine rings is 1. The molecule has 3 aliphatic heterocycles. The Morgan fingerprint density at radius 1 is 0.826 bits per heavy atom. The maximum Gasteiger partial charge on any atom is 0.261 e. The fraction of sp³-hybridized carbons (Fsp3) is 0.294. The van der Waals surface area contributed by atoms with Crippen molar-refractivity contribution in [2.24, 2.45) is 5.92 Å². The van der Waals surface area contributed by atoms with Crippen molar-refractivity contribution in [2.75, 3.05) is 53.8 Å². The standard InChI is InChI=1S/C34H33BrClN5O4S/c35-26-9-11-27(12-10-26)46(44,45)37-29-19-24(34(43)39-16-14-38(15-17-39)31-5-2-1-4-28(31)36)8-13-32(29)40-20-23-18-25(22-40)30-6-3-7-33(42)41(30)21-23/h1-13,19,23,25,37H,14-18,20-22H2. The highest BCUT2D eigenvalue weighted by Gasteiger charge is 2.36. The van der Waals surface area contributed by atoms with Gasteiger partial charge in [-0.05, 0) is 73.0 Å². The maximum absolute atomic E-state index is 13.8. The number of hydrogen-bond acceptors (Lipinski definition) is 6. The zero-order chi connectivity index (χ0) is 32.0. The fourth-order valence-corrected chi connectivity index (χ4v) is 8.56. The Hall–Kier alpha value is -3.80. The minimum atomic E-state index is -3.96. The number of para-hydroxylation sites is 1. The zero-order valence-electron chi connectivity index (χ0n) is 25.0. The summed E-state index contributed by atoms with van der Waals surface area (Å²) >= 11 is 9.79. The van der Waals surface area contributed by atoms with Crippen molar-refractivity contribution >= 4 is 60.5 Å². The number of aromatic nitrogens is 1. The van der Waals surface area contributed by atoms with E-state index >= 15 is 0 Å². The van der Waals surface area contributed by atoms with E-state index in [2.05, 4.69) is 30.5 Å². The molecule has 4 heterocycles. The van der Waals surface area contributed by atoms with Crippen LogP contribution in [-0.4, -0.2) is 63.1 Å². The highest BCUT2D eigenvalue weighted by atomic mass is 79.9. The van der Waals surface area contributed by atoms with Gasteiger partial charge in [0, 0.05) is 73.5 Å². The van der Waals surface area contributed by atoms with E-state index in [4.69, 9.17) is 11.6 Å². The molecule has 2 fully saturated rings. The molecule has 238 valence electrons. The summed E-state index contributed by atoms with van der Waals surface area (Å²) in [6.07, 6.45) is 0.969. The van der Waals surface area contributed by atoms with E-state index in [-0.39, 0.29) is 28.2 Å². The van der Waals surface area contributed by atoms with E-state index in [1.165, 1.54) is 0 Å². The molecular weight excluding hydrogens is 690 g/mol. The van der Waals surface area contributed by atoms with Crippen molar-refractivity contribution in [1.82, 2.24) is 9.47 Å². The highest BCUT2D eigenvalue weighted by Crippen LogP contribution is 2.40. The molecule has 4 aromatic rings. The first-order valence-electron chi connectivity index (χ1n) is 15.3. The molecule has 2 atom stereocenters. The fourth-order valence-electron chi connectivity index (χ4n) is 6.98. The average molecular weight is 723 g/mol. The molecular formula is C34H33BrClN5O4S. The predicted molar refractivity (Wildman–Crippen MR) is 185 cm³/mol. The van der Waals surface area contributed by atoms with Gasteiger partial charge in [-0.25, -0.2) is 8.42 Å². The number of sulfonamides is 1. The van der Waals surface area contributed by atoms with Gasteiger partial charge in [0.25, 0.3) is 21.5 Å². The monoisotopic (exact) mass is 721 g/mol. The van der Waals surface area contributed by atoms with E-state index in [0.29, 0.717) is 67.8 Å². The first-order valence-corrected chi connectivity index (χ1v) is 18.0. The number of nitrogens with one attached hydrogen (secondary N) is 1. The number of benzene rings is 3. The molecule has 0 saturated carbocycles. The van der Waals surface area contributed by atoms with Gasteiger partial charge < -0.3 is 19.3 Å².